The molecule has 1 aliphatic heterocycles. The van der Waals surface area contributed by atoms with E-state index in [2.05, 4.69) is 48.9 Å². The SMILES string of the molecule is CC1c2cccnc2-c2ccc3c(c21)-c1nccnc1SC3(C)C. The van der Waals surface area contributed by atoms with Crippen LogP contribution in [0, 0.1) is 0 Å². The monoisotopic (exact) mass is 331 g/mol. The van der Waals surface area contributed by atoms with Crippen LogP contribution in [0.1, 0.15) is 43.4 Å². The second kappa shape index (κ2) is 4.67. The number of hydrogen-bond acceptors (Lipinski definition) is 4. The van der Waals surface area contributed by atoms with Gasteiger partial charge in [-0.2, -0.15) is 0 Å². The summed E-state index contributed by atoms with van der Waals surface area (Å²) in [7, 11) is 0. The van der Waals surface area contributed by atoms with Crippen molar-refractivity contribution in [3.8, 4) is 22.5 Å². The molecule has 0 amide bonds. The van der Waals surface area contributed by atoms with Gasteiger partial charge in [-0.3, -0.25) is 9.97 Å². The van der Waals surface area contributed by atoms with E-state index in [9.17, 15) is 0 Å². The summed E-state index contributed by atoms with van der Waals surface area (Å²) < 4.78 is -0.0185. The quantitative estimate of drug-likeness (QED) is 0.580. The Morgan fingerprint density at radius 2 is 1.75 bits per heavy atom. The summed E-state index contributed by atoms with van der Waals surface area (Å²) in [4.78, 5) is 13.9. The second-order valence-electron chi connectivity index (χ2n) is 6.93. The Balaban J connectivity index is 1.90. The third kappa shape index (κ3) is 1.72. The van der Waals surface area contributed by atoms with E-state index < -0.39 is 0 Å². The van der Waals surface area contributed by atoms with Crippen molar-refractivity contribution in [2.24, 2.45) is 0 Å². The molecule has 0 radical (unpaired) electrons. The first-order valence-corrected chi connectivity index (χ1v) is 9.02. The molecule has 5 rings (SSSR count). The van der Waals surface area contributed by atoms with Crippen LogP contribution in [0.25, 0.3) is 22.5 Å². The van der Waals surface area contributed by atoms with Crippen molar-refractivity contribution in [1.29, 1.82) is 0 Å². The minimum absolute atomic E-state index is 0.0185. The Labute approximate surface area is 145 Å². The van der Waals surface area contributed by atoms with E-state index in [-0.39, 0.29) is 4.75 Å². The Morgan fingerprint density at radius 3 is 2.62 bits per heavy atom. The summed E-state index contributed by atoms with van der Waals surface area (Å²) in [5, 5.41) is 1.03. The van der Waals surface area contributed by atoms with Gasteiger partial charge in [-0.25, -0.2) is 4.98 Å². The van der Waals surface area contributed by atoms with E-state index in [1.165, 1.54) is 27.8 Å². The third-order valence-corrected chi connectivity index (χ3v) is 6.36. The Bertz CT molecular complexity index is 994. The largest absolute Gasteiger partial charge is 0.256 e. The predicted octanol–water partition coefficient (Wildman–Crippen LogP) is 5.01. The highest BCUT2D eigenvalue weighted by atomic mass is 32.2. The Kier molecular flexibility index (Phi) is 2.76. The van der Waals surface area contributed by atoms with Crippen molar-refractivity contribution >= 4 is 11.8 Å². The summed E-state index contributed by atoms with van der Waals surface area (Å²) in [6.07, 6.45) is 5.47. The minimum Gasteiger partial charge on any atom is -0.256 e. The number of aromatic nitrogens is 3. The minimum atomic E-state index is -0.0185. The number of benzene rings is 1. The van der Waals surface area contributed by atoms with Gasteiger partial charge in [0.05, 0.1) is 5.69 Å². The van der Waals surface area contributed by atoms with Gasteiger partial charge in [0, 0.05) is 40.4 Å². The van der Waals surface area contributed by atoms with Gasteiger partial charge in [0.1, 0.15) is 10.7 Å². The molecule has 0 bridgehead atoms. The van der Waals surface area contributed by atoms with Crippen LogP contribution in [-0.2, 0) is 4.75 Å². The lowest BCUT2D eigenvalue weighted by molar-refractivity contribution is 0.765. The van der Waals surface area contributed by atoms with E-state index in [1.54, 1.807) is 24.2 Å². The van der Waals surface area contributed by atoms with Gasteiger partial charge in [-0.05, 0) is 36.6 Å². The molecule has 24 heavy (non-hydrogen) atoms. The number of fused-ring (bicyclic) bond motifs is 7. The highest BCUT2D eigenvalue weighted by molar-refractivity contribution is 8.00. The fraction of sp³-hybridized carbons (Fsp3) is 0.250. The molecule has 3 nitrogen and oxygen atoms in total. The lowest BCUT2D eigenvalue weighted by Crippen LogP contribution is -2.20. The van der Waals surface area contributed by atoms with Crippen LogP contribution >= 0.6 is 11.8 Å². The highest BCUT2D eigenvalue weighted by Gasteiger charge is 2.39. The molecule has 0 N–H and O–H groups in total. The van der Waals surface area contributed by atoms with Gasteiger partial charge in [0.25, 0.3) is 0 Å². The van der Waals surface area contributed by atoms with E-state index in [0.29, 0.717) is 5.92 Å². The highest BCUT2D eigenvalue weighted by Crippen LogP contribution is 2.56. The van der Waals surface area contributed by atoms with E-state index in [4.69, 9.17) is 4.98 Å². The number of thioether (sulfide) groups is 1. The van der Waals surface area contributed by atoms with Gasteiger partial charge in [0.15, 0.2) is 0 Å². The summed E-state index contributed by atoms with van der Waals surface area (Å²) in [5.41, 5.74) is 8.66. The van der Waals surface area contributed by atoms with Gasteiger partial charge >= 0.3 is 0 Å². The zero-order valence-corrected chi connectivity index (χ0v) is 14.7. The van der Waals surface area contributed by atoms with Crippen molar-refractivity contribution in [1.82, 2.24) is 15.0 Å². The number of pyridine rings is 1. The number of hydrogen-bond donors (Lipinski definition) is 0. The van der Waals surface area contributed by atoms with Crippen LogP contribution in [0.3, 0.4) is 0 Å². The summed E-state index contributed by atoms with van der Waals surface area (Å²) in [5.74, 6) is 0.326. The van der Waals surface area contributed by atoms with Crippen molar-refractivity contribution in [2.75, 3.05) is 0 Å². The smallest absolute Gasteiger partial charge is 0.123 e. The summed E-state index contributed by atoms with van der Waals surface area (Å²) >= 11 is 1.80. The van der Waals surface area contributed by atoms with Gasteiger partial charge < -0.3 is 0 Å². The molecule has 0 fully saturated rings. The molecule has 1 aromatic carbocycles. The molecular weight excluding hydrogens is 314 g/mol. The van der Waals surface area contributed by atoms with Gasteiger partial charge in [0.2, 0.25) is 0 Å². The lowest BCUT2D eigenvalue weighted by atomic mass is 9.85. The van der Waals surface area contributed by atoms with E-state index >= 15 is 0 Å². The summed E-state index contributed by atoms with van der Waals surface area (Å²) in [6, 6.07) is 8.73. The zero-order chi connectivity index (χ0) is 16.5. The maximum absolute atomic E-state index is 4.70. The second-order valence-corrected chi connectivity index (χ2v) is 8.55. The summed E-state index contributed by atoms with van der Waals surface area (Å²) in [6.45, 7) is 6.81. The van der Waals surface area contributed by atoms with E-state index in [1.807, 2.05) is 12.3 Å². The zero-order valence-electron chi connectivity index (χ0n) is 13.9. The third-order valence-electron chi connectivity index (χ3n) is 5.14. The maximum atomic E-state index is 4.70. The van der Waals surface area contributed by atoms with Crippen LogP contribution < -0.4 is 0 Å². The first-order valence-electron chi connectivity index (χ1n) is 8.21. The van der Waals surface area contributed by atoms with Gasteiger partial charge in [-0.1, -0.05) is 36.9 Å². The van der Waals surface area contributed by atoms with Crippen LogP contribution in [0.2, 0.25) is 0 Å². The Morgan fingerprint density at radius 1 is 0.958 bits per heavy atom. The topological polar surface area (TPSA) is 38.7 Å². The predicted molar refractivity (Wildman–Crippen MR) is 97.1 cm³/mol. The molecule has 0 saturated carbocycles. The molecule has 1 unspecified atom stereocenters. The van der Waals surface area contributed by atoms with Crippen molar-refractivity contribution < 1.29 is 0 Å². The fourth-order valence-corrected chi connectivity index (χ4v) is 5.18. The molecule has 3 heterocycles. The molecule has 2 aromatic heterocycles. The molecule has 0 spiro atoms. The van der Waals surface area contributed by atoms with Crippen LogP contribution in [0.5, 0.6) is 0 Å². The van der Waals surface area contributed by atoms with Crippen LogP contribution in [0.15, 0.2) is 47.9 Å². The van der Waals surface area contributed by atoms with Gasteiger partial charge in [-0.15, -0.1) is 0 Å². The maximum Gasteiger partial charge on any atom is 0.123 e. The molecule has 2 aliphatic rings. The molecule has 118 valence electrons. The Hall–Kier alpha value is -2.20. The first-order chi connectivity index (χ1) is 11.6. The fourth-order valence-electron chi connectivity index (χ4n) is 4.05. The van der Waals surface area contributed by atoms with Crippen LogP contribution in [0.4, 0.5) is 0 Å². The molecular formula is C20H17N3S. The standard InChI is InChI=1S/C20H17N3S/c1-11-12-5-4-8-21-17(12)13-6-7-14-16(15(11)13)18-19(23-10-9-22-18)24-20(14,2)3/h4-11H,1-3H3. The molecule has 4 heteroatoms. The molecule has 3 aromatic rings. The van der Waals surface area contributed by atoms with Crippen molar-refractivity contribution in [2.45, 2.75) is 36.5 Å². The number of nitrogens with zero attached hydrogens (tertiary/aromatic N) is 3. The number of rotatable bonds is 0. The van der Waals surface area contributed by atoms with Crippen molar-refractivity contribution in [3.05, 3.63) is 59.5 Å². The average molecular weight is 331 g/mol. The van der Waals surface area contributed by atoms with E-state index in [0.717, 1.165) is 16.4 Å². The van der Waals surface area contributed by atoms with Crippen molar-refractivity contribution in [3.63, 3.8) is 0 Å². The molecule has 1 atom stereocenters. The van der Waals surface area contributed by atoms with Crippen LogP contribution in [-0.4, -0.2) is 15.0 Å². The molecule has 1 aliphatic carbocycles. The average Bonchev–Trinajstić information content (AvgIpc) is 2.88. The first kappa shape index (κ1) is 14.2. The lowest BCUT2D eigenvalue weighted by Gasteiger charge is -2.33. The molecule has 0 saturated heterocycles. The normalized spacial score (nSPS) is 19.2.